The Labute approximate surface area is 229 Å². The van der Waals surface area contributed by atoms with Crippen LogP contribution in [0, 0.1) is 0 Å². The van der Waals surface area contributed by atoms with Crippen molar-refractivity contribution in [3.8, 4) is 11.3 Å². The fourth-order valence-corrected chi connectivity index (χ4v) is 4.09. The van der Waals surface area contributed by atoms with Gasteiger partial charge in [0.15, 0.2) is 0 Å². The zero-order valence-corrected chi connectivity index (χ0v) is 21.2. The van der Waals surface area contributed by atoms with Crippen molar-refractivity contribution in [3.63, 3.8) is 0 Å². The number of carbonyl (C=O) groups excluding carboxylic acids is 2. The molecule has 0 radical (unpaired) electrons. The van der Waals surface area contributed by atoms with Crippen molar-refractivity contribution in [2.24, 2.45) is 5.73 Å². The number of rotatable bonds is 7. The molecule has 5 aromatic rings. The third-order valence-corrected chi connectivity index (χ3v) is 6.19. The Hall–Kier alpha value is -5.28. The number of carbonyl (C=O) groups is 2. The summed E-state index contributed by atoms with van der Waals surface area (Å²) in [6.07, 6.45) is 5.03. The summed E-state index contributed by atoms with van der Waals surface area (Å²) in [5, 5.41) is 3.54. The number of nitrogens with one attached hydrogen (secondary N) is 1. The molecule has 9 nitrogen and oxygen atoms in total. The maximum atomic E-state index is 13.8. The van der Waals surface area contributed by atoms with E-state index in [1.165, 1.54) is 17.0 Å². The quantitative estimate of drug-likeness (QED) is 0.230. The summed E-state index contributed by atoms with van der Waals surface area (Å²) in [4.78, 5) is 39.8. The molecule has 3 aromatic carbocycles. The third-order valence-electron chi connectivity index (χ3n) is 5.86. The van der Waals surface area contributed by atoms with Gasteiger partial charge in [-0.15, -0.1) is 0 Å². The van der Waals surface area contributed by atoms with Gasteiger partial charge >= 0.3 is 0 Å². The number of primary amides is 1. The van der Waals surface area contributed by atoms with Gasteiger partial charge in [-0.2, -0.15) is 0 Å². The number of pyridine rings is 1. The second-order valence-corrected chi connectivity index (χ2v) is 8.84. The third kappa shape index (κ3) is 5.53. The fourth-order valence-electron chi connectivity index (χ4n) is 3.93. The van der Waals surface area contributed by atoms with Gasteiger partial charge in [-0.3, -0.25) is 19.5 Å². The highest BCUT2D eigenvalue weighted by atomic mass is 35.5. The summed E-state index contributed by atoms with van der Waals surface area (Å²) in [7, 11) is 0. The second kappa shape index (κ2) is 11.0. The molecule has 0 saturated heterocycles. The highest BCUT2D eigenvalue weighted by Crippen LogP contribution is 2.36. The lowest BCUT2D eigenvalue weighted by Gasteiger charge is -2.25. The summed E-state index contributed by atoms with van der Waals surface area (Å²) in [5.74, 6) is -0.636. The summed E-state index contributed by atoms with van der Waals surface area (Å²) in [5.41, 5.74) is 15.6. The van der Waals surface area contributed by atoms with Crippen LogP contribution in [0.5, 0.6) is 0 Å². The van der Waals surface area contributed by atoms with Crippen LogP contribution in [0.4, 0.5) is 28.7 Å². The minimum atomic E-state index is -0.582. The molecule has 192 valence electrons. The van der Waals surface area contributed by atoms with Crippen LogP contribution in [0.2, 0.25) is 5.02 Å². The van der Waals surface area contributed by atoms with Gasteiger partial charge in [0.2, 0.25) is 11.9 Å². The summed E-state index contributed by atoms with van der Waals surface area (Å²) < 4.78 is 0. The summed E-state index contributed by atoms with van der Waals surface area (Å²) in [6, 6.07) is 23.7. The molecule has 0 saturated carbocycles. The number of benzene rings is 3. The van der Waals surface area contributed by atoms with Crippen molar-refractivity contribution in [1.29, 1.82) is 0 Å². The van der Waals surface area contributed by atoms with Gasteiger partial charge in [-0.25, -0.2) is 9.97 Å². The van der Waals surface area contributed by atoms with Crippen molar-refractivity contribution in [2.45, 2.75) is 0 Å². The number of hydrogen-bond donors (Lipinski definition) is 3. The standard InChI is InChI=1S/C29H22ClN7O2/c30-22-12-11-21(16-25(22)36-29-34-15-13-24(35-29)20-4-3-14-33-17-20)37(26-6-2-1-5-23(26)31)28(39)19-9-7-18(8-10-19)27(32)38/h1-17H,31H2,(H2,32,38)(H,34,35,36). The zero-order valence-electron chi connectivity index (χ0n) is 20.5. The molecule has 0 spiro atoms. The SMILES string of the molecule is NC(=O)c1ccc(C(=O)N(c2ccc(Cl)c(Nc3nccc(-c4cccnc4)n3)c2)c2ccccc2N)cc1. The first-order valence-corrected chi connectivity index (χ1v) is 12.2. The van der Waals surface area contributed by atoms with E-state index in [2.05, 4.69) is 20.3 Å². The molecule has 5 N–H and O–H groups in total. The smallest absolute Gasteiger partial charge is 0.262 e. The number of aromatic nitrogens is 3. The number of nitrogen functional groups attached to an aromatic ring is 1. The number of nitrogens with zero attached hydrogens (tertiary/aromatic N) is 4. The molecule has 0 atom stereocenters. The van der Waals surface area contributed by atoms with Crippen LogP contribution in [0.15, 0.2) is 104 Å². The van der Waals surface area contributed by atoms with Crippen LogP contribution in [-0.4, -0.2) is 26.8 Å². The molecule has 0 aliphatic carbocycles. The molecule has 0 unspecified atom stereocenters. The first kappa shape index (κ1) is 25.4. The number of hydrogen-bond acceptors (Lipinski definition) is 7. The van der Waals surface area contributed by atoms with Gasteiger partial charge in [-0.1, -0.05) is 23.7 Å². The fraction of sp³-hybridized carbons (Fsp3) is 0. The number of halogens is 1. The lowest BCUT2D eigenvalue weighted by molar-refractivity contribution is 0.0988. The molecule has 10 heteroatoms. The number of anilines is 5. The van der Waals surface area contributed by atoms with Crippen molar-refractivity contribution >= 4 is 52.1 Å². The van der Waals surface area contributed by atoms with Crippen LogP contribution < -0.4 is 21.7 Å². The van der Waals surface area contributed by atoms with E-state index in [-0.39, 0.29) is 5.91 Å². The minimum absolute atomic E-state index is 0.295. The topological polar surface area (TPSA) is 140 Å². The monoisotopic (exact) mass is 535 g/mol. The van der Waals surface area contributed by atoms with Crippen LogP contribution in [0.1, 0.15) is 20.7 Å². The van der Waals surface area contributed by atoms with E-state index in [9.17, 15) is 9.59 Å². The minimum Gasteiger partial charge on any atom is -0.397 e. The average molecular weight is 536 g/mol. The van der Waals surface area contributed by atoms with Crippen LogP contribution in [0.3, 0.4) is 0 Å². The van der Waals surface area contributed by atoms with Gasteiger partial charge in [0, 0.05) is 35.3 Å². The highest BCUT2D eigenvalue weighted by Gasteiger charge is 2.23. The normalized spacial score (nSPS) is 10.6. The largest absolute Gasteiger partial charge is 0.397 e. The van der Waals surface area contributed by atoms with Gasteiger partial charge in [0.05, 0.1) is 33.5 Å². The zero-order chi connectivity index (χ0) is 27.4. The maximum absolute atomic E-state index is 13.8. The van der Waals surface area contributed by atoms with Crippen LogP contribution in [-0.2, 0) is 0 Å². The molecular formula is C29H22ClN7O2. The highest BCUT2D eigenvalue weighted by molar-refractivity contribution is 6.33. The Balaban J connectivity index is 1.53. The van der Waals surface area contributed by atoms with E-state index in [4.69, 9.17) is 23.1 Å². The van der Waals surface area contributed by atoms with E-state index in [0.29, 0.717) is 50.5 Å². The molecule has 0 aliphatic heterocycles. The molecule has 2 amide bonds. The van der Waals surface area contributed by atoms with Crippen molar-refractivity contribution in [1.82, 2.24) is 15.0 Å². The van der Waals surface area contributed by atoms with E-state index in [0.717, 1.165) is 5.56 Å². The van der Waals surface area contributed by atoms with Gasteiger partial charge < -0.3 is 16.8 Å². The van der Waals surface area contributed by atoms with E-state index >= 15 is 0 Å². The predicted molar refractivity (Wildman–Crippen MR) is 152 cm³/mol. The molecule has 2 aromatic heterocycles. The van der Waals surface area contributed by atoms with E-state index in [1.54, 1.807) is 79.3 Å². The van der Waals surface area contributed by atoms with E-state index in [1.807, 2.05) is 12.1 Å². The molecule has 0 aliphatic rings. The predicted octanol–water partition coefficient (Wildman–Crippen LogP) is 5.60. The van der Waals surface area contributed by atoms with Gasteiger partial charge in [0.25, 0.3) is 5.91 Å². The van der Waals surface area contributed by atoms with Crippen molar-refractivity contribution < 1.29 is 9.59 Å². The first-order valence-electron chi connectivity index (χ1n) is 11.8. The molecule has 2 heterocycles. The number of nitrogens with two attached hydrogens (primary N) is 2. The number of para-hydroxylation sites is 2. The summed E-state index contributed by atoms with van der Waals surface area (Å²) in [6.45, 7) is 0. The Kier molecular flexibility index (Phi) is 7.15. The Morgan fingerprint density at radius 1 is 0.872 bits per heavy atom. The lowest BCUT2D eigenvalue weighted by Crippen LogP contribution is -2.27. The van der Waals surface area contributed by atoms with Gasteiger partial charge in [0.1, 0.15) is 0 Å². The number of amides is 2. The van der Waals surface area contributed by atoms with Crippen molar-refractivity contribution in [2.75, 3.05) is 16.0 Å². The molecule has 5 rings (SSSR count). The maximum Gasteiger partial charge on any atom is 0.262 e. The van der Waals surface area contributed by atoms with Gasteiger partial charge in [-0.05, 0) is 72.8 Å². The Bertz CT molecular complexity index is 1660. The average Bonchev–Trinajstić information content (AvgIpc) is 2.96. The van der Waals surface area contributed by atoms with Crippen LogP contribution in [0.25, 0.3) is 11.3 Å². The molecule has 0 fully saturated rings. The lowest BCUT2D eigenvalue weighted by atomic mass is 10.1. The molecule has 39 heavy (non-hydrogen) atoms. The Morgan fingerprint density at radius 3 is 2.36 bits per heavy atom. The Morgan fingerprint density at radius 2 is 1.64 bits per heavy atom. The molecule has 0 bridgehead atoms. The van der Waals surface area contributed by atoms with Crippen molar-refractivity contribution in [3.05, 3.63) is 120 Å². The van der Waals surface area contributed by atoms with E-state index < -0.39 is 5.91 Å². The summed E-state index contributed by atoms with van der Waals surface area (Å²) >= 11 is 6.53. The first-order chi connectivity index (χ1) is 18.9. The van der Waals surface area contributed by atoms with Crippen LogP contribution >= 0.6 is 11.6 Å². The molecular weight excluding hydrogens is 514 g/mol. The second-order valence-electron chi connectivity index (χ2n) is 8.44.